The number of nitrogens with zero attached hydrogens (tertiary/aromatic N) is 2. The summed E-state index contributed by atoms with van der Waals surface area (Å²) in [5, 5.41) is 11.7. The Hall–Kier alpha value is -3.38. The average Bonchev–Trinajstić information content (AvgIpc) is 3.30. The Bertz CT molecular complexity index is 1130. The van der Waals surface area contributed by atoms with Crippen LogP contribution < -0.4 is 0 Å². The van der Waals surface area contributed by atoms with Gasteiger partial charge in [-0.05, 0) is 32.1 Å². The van der Waals surface area contributed by atoms with E-state index >= 15 is 0 Å². The number of para-hydroxylation sites is 1. The number of hydrogen-bond acceptors (Lipinski definition) is 4. The van der Waals surface area contributed by atoms with Gasteiger partial charge in [-0.2, -0.15) is 0 Å². The van der Waals surface area contributed by atoms with Gasteiger partial charge in [0, 0.05) is 42.2 Å². The lowest BCUT2D eigenvalue weighted by molar-refractivity contribution is -0.129. The van der Waals surface area contributed by atoms with Crippen LogP contribution in [0.25, 0.3) is 10.9 Å². The van der Waals surface area contributed by atoms with Crippen LogP contribution in [0, 0.1) is 0 Å². The Labute approximate surface area is 181 Å². The van der Waals surface area contributed by atoms with Gasteiger partial charge in [0.1, 0.15) is 0 Å². The van der Waals surface area contributed by atoms with E-state index in [1.165, 1.54) is 0 Å². The molecule has 2 heterocycles. The van der Waals surface area contributed by atoms with Crippen molar-refractivity contribution < 1.29 is 14.7 Å². The molecule has 0 aliphatic carbocycles. The zero-order chi connectivity index (χ0) is 22.0. The van der Waals surface area contributed by atoms with E-state index < -0.39 is 17.7 Å². The third kappa shape index (κ3) is 4.11. The van der Waals surface area contributed by atoms with Gasteiger partial charge in [-0.3, -0.25) is 9.59 Å². The van der Waals surface area contributed by atoms with Crippen molar-refractivity contribution in [1.82, 2.24) is 14.8 Å². The van der Waals surface area contributed by atoms with Crippen LogP contribution in [0.2, 0.25) is 0 Å². The number of aromatic amines is 1. The van der Waals surface area contributed by atoms with E-state index in [0.29, 0.717) is 19.5 Å². The van der Waals surface area contributed by atoms with Crippen LogP contribution in [0.4, 0.5) is 0 Å². The highest BCUT2D eigenvalue weighted by Gasteiger charge is 2.43. The largest absolute Gasteiger partial charge is 0.503 e. The number of ketones is 1. The highest BCUT2D eigenvalue weighted by molar-refractivity contribution is 6.09. The predicted octanol–water partition coefficient (Wildman–Crippen LogP) is 3.63. The molecule has 1 unspecified atom stereocenters. The maximum absolute atomic E-state index is 13.3. The van der Waals surface area contributed by atoms with Crippen LogP contribution in [0.1, 0.15) is 23.6 Å². The number of benzene rings is 2. The number of carbonyl (C=O) groups excluding carboxylic acids is 2. The molecule has 0 saturated heterocycles. The SMILES string of the molecule is CN(C)CCN1C(=O)C(O)=C(C(=O)CCc2ccccc2)C1c1c[nH]c2ccccc12. The fourth-order valence-corrected chi connectivity index (χ4v) is 4.16. The lowest BCUT2D eigenvalue weighted by Crippen LogP contribution is -2.36. The van der Waals surface area contributed by atoms with Crippen molar-refractivity contribution in [3.63, 3.8) is 0 Å². The summed E-state index contributed by atoms with van der Waals surface area (Å²) in [7, 11) is 3.86. The topological polar surface area (TPSA) is 76.6 Å². The van der Waals surface area contributed by atoms with Gasteiger partial charge in [-0.1, -0.05) is 48.5 Å². The van der Waals surface area contributed by atoms with Crippen molar-refractivity contribution in [2.45, 2.75) is 18.9 Å². The number of likely N-dealkylation sites (N-methyl/N-ethyl adjacent to an activating group) is 1. The molecule has 6 heteroatoms. The molecule has 0 fully saturated rings. The Kier molecular flexibility index (Phi) is 5.91. The molecule has 0 bridgehead atoms. The van der Waals surface area contributed by atoms with Crippen LogP contribution in [-0.4, -0.2) is 58.8 Å². The summed E-state index contributed by atoms with van der Waals surface area (Å²) < 4.78 is 0. The number of aryl methyl sites for hydroxylation is 1. The molecule has 3 aromatic rings. The molecule has 0 spiro atoms. The average molecular weight is 418 g/mol. The summed E-state index contributed by atoms with van der Waals surface area (Å²) in [5.41, 5.74) is 3.01. The number of hydrogen-bond donors (Lipinski definition) is 2. The van der Waals surface area contributed by atoms with E-state index in [4.69, 9.17) is 0 Å². The standard InChI is InChI=1S/C25H27N3O3/c1-27(2)14-15-28-23(19-16-26-20-11-7-6-10-18(19)20)22(24(30)25(28)31)21(29)13-12-17-8-4-3-5-9-17/h3-11,16,23,26,30H,12-15H2,1-2H3. The molecule has 160 valence electrons. The second-order valence-corrected chi connectivity index (χ2v) is 8.17. The molecule has 0 radical (unpaired) electrons. The van der Waals surface area contributed by atoms with Gasteiger partial charge in [-0.15, -0.1) is 0 Å². The van der Waals surface area contributed by atoms with Gasteiger partial charge in [0.25, 0.3) is 5.91 Å². The van der Waals surface area contributed by atoms with Gasteiger partial charge < -0.3 is 19.9 Å². The molecular formula is C25H27N3O3. The molecule has 4 rings (SSSR count). The number of carbonyl (C=O) groups is 2. The number of aromatic nitrogens is 1. The smallest absolute Gasteiger partial charge is 0.290 e. The fourth-order valence-electron chi connectivity index (χ4n) is 4.16. The summed E-state index contributed by atoms with van der Waals surface area (Å²) in [6.07, 6.45) is 2.63. The molecule has 6 nitrogen and oxygen atoms in total. The first kappa shape index (κ1) is 20.9. The second-order valence-electron chi connectivity index (χ2n) is 8.17. The Morgan fingerprint density at radius 2 is 1.81 bits per heavy atom. The predicted molar refractivity (Wildman–Crippen MR) is 121 cm³/mol. The number of nitrogens with one attached hydrogen (secondary N) is 1. The summed E-state index contributed by atoms with van der Waals surface area (Å²) in [5.74, 6) is -1.11. The number of H-pyrrole nitrogens is 1. The van der Waals surface area contributed by atoms with E-state index in [0.717, 1.165) is 22.0 Å². The molecule has 0 saturated carbocycles. The molecule has 1 atom stereocenters. The van der Waals surface area contributed by atoms with E-state index in [-0.39, 0.29) is 17.8 Å². The van der Waals surface area contributed by atoms with Crippen LogP contribution in [0.15, 0.2) is 72.1 Å². The highest BCUT2D eigenvalue weighted by Crippen LogP contribution is 2.40. The molecule has 2 N–H and O–H groups in total. The Balaban J connectivity index is 1.70. The number of fused-ring (bicyclic) bond motifs is 1. The summed E-state index contributed by atoms with van der Waals surface area (Å²) in [4.78, 5) is 33.1. The first-order valence-electron chi connectivity index (χ1n) is 10.5. The van der Waals surface area contributed by atoms with Crippen molar-refractivity contribution in [2.75, 3.05) is 27.2 Å². The minimum Gasteiger partial charge on any atom is -0.503 e. The van der Waals surface area contributed by atoms with Crippen LogP contribution in [0.3, 0.4) is 0 Å². The summed E-state index contributed by atoms with van der Waals surface area (Å²) >= 11 is 0. The van der Waals surface area contributed by atoms with Gasteiger partial charge >= 0.3 is 0 Å². The van der Waals surface area contributed by atoms with Crippen LogP contribution >= 0.6 is 0 Å². The fraction of sp³-hybridized carbons (Fsp3) is 0.280. The summed E-state index contributed by atoms with van der Waals surface area (Å²) in [6.45, 7) is 1.04. The number of amides is 1. The molecule has 1 aromatic heterocycles. The quantitative estimate of drug-likeness (QED) is 0.587. The molecule has 1 amide bonds. The van der Waals surface area contributed by atoms with Crippen molar-refractivity contribution >= 4 is 22.6 Å². The third-order valence-electron chi connectivity index (χ3n) is 5.79. The highest BCUT2D eigenvalue weighted by atomic mass is 16.3. The third-order valence-corrected chi connectivity index (χ3v) is 5.79. The Morgan fingerprint density at radius 3 is 2.55 bits per heavy atom. The van der Waals surface area contributed by atoms with E-state index in [9.17, 15) is 14.7 Å². The van der Waals surface area contributed by atoms with Crippen molar-refractivity contribution in [3.05, 3.63) is 83.3 Å². The van der Waals surface area contributed by atoms with Gasteiger partial charge in [0.2, 0.25) is 0 Å². The van der Waals surface area contributed by atoms with E-state index in [2.05, 4.69) is 4.98 Å². The number of Topliss-reactive ketones (excluding diaryl/α,β-unsaturated/α-hetero) is 1. The van der Waals surface area contributed by atoms with Gasteiger partial charge in [0.05, 0.1) is 11.6 Å². The van der Waals surface area contributed by atoms with Gasteiger partial charge in [0.15, 0.2) is 11.5 Å². The maximum atomic E-state index is 13.3. The number of rotatable bonds is 8. The monoisotopic (exact) mass is 417 g/mol. The molecule has 2 aromatic carbocycles. The lowest BCUT2D eigenvalue weighted by atomic mass is 9.93. The first-order valence-corrected chi connectivity index (χ1v) is 10.5. The Morgan fingerprint density at radius 1 is 1.10 bits per heavy atom. The van der Waals surface area contributed by atoms with E-state index in [1.54, 1.807) is 4.90 Å². The minimum atomic E-state index is -0.605. The lowest BCUT2D eigenvalue weighted by Gasteiger charge is -2.27. The van der Waals surface area contributed by atoms with Crippen molar-refractivity contribution in [3.8, 4) is 0 Å². The van der Waals surface area contributed by atoms with Crippen molar-refractivity contribution in [2.24, 2.45) is 0 Å². The zero-order valence-electron chi connectivity index (χ0n) is 17.8. The first-order chi connectivity index (χ1) is 15.0. The second kappa shape index (κ2) is 8.78. The number of aliphatic hydroxyl groups excluding tert-OH is 1. The molecule has 31 heavy (non-hydrogen) atoms. The molecule has 1 aliphatic rings. The van der Waals surface area contributed by atoms with Crippen LogP contribution in [0.5, 0.6) is 0 Å². The van der Waals surface area contributed by atoms with E-state index in [1.807, 2.05) is 79.8 Å². The minimum absolute atomic E-state index is 0.197. The van der Waals surface area contributed by atoms with Crippen LogP contribution in [-0.2, 0) is 16.0 Å². The molecule has 1 aliphatic heterocycles. The summed E-state index contributed by atoms with van der Waals surface area (Å²) in [6, 6.07) is 17.0. The normalized spacial score (nSPS) is 16.7. The number of aliphatic hydroxyl groups is 1. The van der Waals surface area contributed by atoms with Crippen molar-refractivity contribution in [1.29, 1.82) is 0 Å². The molecular weight excluding hydrogens is 390 g/mol. The maximum Gasteiger partial charge on any atom is 0.290 e. The zero-order valence-corrected chi connectivity index (χ0v) is 17.8. The van der Waals surface area contributed by atoms with Gasteiger partial charge in [-0.25, -0.2) is 0 Å².